The first kappa shape index (κ1) is 7.19. The predicted molar refractivity (Wildman–Crippen MR) is 48.9 cm³/mol. The van der Waals surface area contributed by atoms with Gasteiger partial charge >= 0.3 is 0 Å². The van der Waals surface area contributed by atoms with Gasteiger partial charge in [0.05, 0.1) is 15.8 Å². The van der Waals surface area contributed by atoms with E-state index in [1.807, 2.05) is 18.2 Å². The van der Waals surface area contributed by atoms with E-state index in [9.17, 15) is 0 Å². The van der Waals surface area contributed by atoms with Crippen molar-refractivity contribution in [3.05, 3.63) is 34.0 Å². The average molecular weight is 231 g/mol. The van der Waals surface area contributed by atoms with E-state index in [2.05, 4.69) is 15.9 Å². The molecule has 0 atom stereocenters. The van der Waals surface area contributed by atoms with E-state index in [-0.39, 0.29) is 0 Å². The Kier molecular flexibility index (Phi) is 1.66. The second-order valence-electron chi connectivity index (χ2n) is 2.20. The SMILES string of the molecule is Clc1ccc2ccoc2c1Br. The van der Waals surface area contributed by atoms with Crippen LogP contribution in [0.1, 0.15) is 0 Å². The lowest BCUT2D eigenvalue weighted by atomic mass is 10.3. The lowest BCUT2D eigenvalue weighted by Crippen LogP contribution is -1.68. The molecule has 0 spiro atoms. The molecule has 0 saturated carbocycles. The Hall–Kier alpha value is -0.470. The standard InChI is InChI=1S/C8H4BrClO/c9-7-6(10)2-1-5-3-4-11-8(5)7/h1-4H. The molecule has 0 unspecified atom stereocenters. The lowest BCUT2D eigenvalue weighted by Gasteiger charge is -1.94. The van der Waals surface area contributed by atoms with Crippen molar-refractivity contribution in [1.82, 2.24) is 0 Å². The minimum Gasteiger partial charge on any atom is -0.463 e. The minimum absolute atomic E-state index is 0.674. The number of fused-ring (bicyclic) bond motifs is 1. The van der Waals surface area contributed by atoms with Gasteiger partial charge in [0.15, 0.2) is 0 Å². The van der Waals surface area contributed by atoms with Gasteiger partial charge < -0.3 is 4.42 Å². The zero-order valence-corrected chi connectivity index (χ0v) is 7.82. The summed E-state index contributed by atoms with van der Waals surface area (Å²) in [4.78, 5) is 0. The third-order valence-electron chi connectivity index (χ3n) is 1.51. The Balaban J connectivity index is 2.93. The fraction of sp³-hybridized carbons (Fsp3) is 0. The van der Waals surface area contributed by atoms with E-state index in [1.165, 1.54) is 0 Å². The largest absolute Gasteiger partial charge is 0.463 e. The van der Waals surface area contributed by atoms with Crippen molar-refractivity contribution in [3.63, 3.8) is 0 Å². The Labute approximate surface area is 77.1 Å². The Morgan fingerprint density at radius 3 is 2.91 bits per heavy atom. The number of benzene rings is 1. The van der Waals surface area contributed by atoms with Crippen molar-refractivity contribution >= 4 is 38.5 Å². The van der Waals surface area contributed by atoms with Gasteiger partial charge in [-0.1, -0.05) is 11.6 Å². The second-order valence-corrected chi connectivity index (χ2v) is 3.40. The van der Waals surface area contributed by atoms with Gasteiger partial charge in [-0.15, -0.1) is 0 Å². The summed E-state index contributed by atoms with van der Waals surface area (Å²) in [7, 11) is 0. The van der Waals surface area contributed by atoms with Gasteiger partial charge in [-0.05, 0) is 34.1 Å². The van der Waals surface area contributed by atoms with Crippen molar-refractivity contribution in [2.45, 2.75) is 0 Å². The molecule has 3 heteroatoms. The maximum Gasteiger partial charge on any atom is 0.149 e. The van der Waals surface area contributed by atoms with E-state index in [4.69, 9.17) is 16.0 Å². The summed E-state index contributed by atoms with van der Waals surface area (Å²) < 4.78 is 6.02. The molecule has 1 aromatic carbocycles. The Morgan fingerprint density at radius 1 is 1.27 bits per heavy atom. The molecule has 0 radical (unpaired) electrons. The molecule has 0 aliphatic carbocycles. The number of hydrogen-bond donors (Lipinski definition) is 0. The van der Waals surface area contributed by atoms with Gasteiger partial charge in [0.2, 0.25) is 0 Å². The molecule has 1 heterocycles. The van der Waals surface area contributed by atoms with Crippen LogP contribution in [0, 0.1) is 0 Å². The fourth-order valence-electron chi connectivity index (χ4n) is 0.973. The molecule has 0 bridgehead atoms. The van der Waals surface area contributed by atoms with E-state index in [0.717, 1.165) is 15.4 Å². The molecular formula is C8H4BrClO. The Morgan fingerprint density at radius 2 is 2.09 bits per heavy atom. The highest BCUT2D eigenvalue weighted by molar-refractivity contribution is 9.10. The fourth-order valence-corrected chi connectivity index (χ4v) is 1.58. The van der Waals surface area contributed by atoms with Crippen molar-refractivity contribution in [2.75, 3.05) is 0 Å². The summed E-state index contributed by atoms with van der Waals surface area (Å²) in [6.45, 7) is 0. The van der Waals surface area contributed by atoms with Gasteiger partial charge in [-0.3, -0.25) is 0 Å². The van der Waals surface area contributed by atoms with Crippen LogP contribution in [0.3, 0.4) is 0 Å². The minimum atomic E-state index is 0.674. The molecule has 0 N–H and O–H groups in total. The number of rotatable bonds is 0. The monoisotopic (exact) mass is 230 g/mol. The number of halogens is 2. The molecule has 1 nitrogen and oxygen atoms in total. The third kappa shape index (κ3) is 1.06. The van der Waals surface area contributed by atoms with Crippen LogP contribution in [0.25, 0.3) is 11.0 Å². The summed E-state index contributed by atoms with van der Waals surface area (Å²) >= 11 is 9.17. The molecule has 0 aliphatic rings. The molecule has 0 amide bonds. The highest BCUT2D eigenvalue weighted by atomic mass is 79.9. The highest BCUT2D eigenvalue weighted by Crippen LogP contribution is 2.31. The van der Waals surface area contributed by atoms with Gasteiger partial charge in [0, 0.05) is 5.39 Å². The molecule has 0 saturated heterocycles. The summed E-state index contributed by atoms with van der Waals surface area (Å²) in [6.07, 6.45) is 1.64. The van der Waals surface area contributed by atoms with Crippen LogP contribution in [0.4, 0.5) is 0 Å². The zero-order valence-electron chi connectivity index (χ0n) is 5.47. The van der Waals surface area contributed by atoms with Crippen LogP contribution in [0.5, 0.6) is 0 Å². The average Bonchev–Trinajstić information content (AvgIpc) is 2.45. The second kappa shape index (κ2) is 2.54. The molecule has 11 heavy (non-hydrogen) atoms. The Bertz CT molecular complexity index is 394. The summed E-state index contributed by atoms with van der Waals surface area (Å²) in [5.41, 5.74) is 0.803. The lowest BCUT2D eigenvalue weighted by molar-refractivity contribution is 0.614. The van der Waals surface area contributed by atoms with Crippen molar-refractivity contribution in [1.29, 1.82) is 0 Å². The molecule has 2 aromatic rings. The maximum atomic E-state index is 5.84. The zero-order chi connectivity index (χ0) is 7.84. The third-order valence-corrected chi connectivity index (χ3v) is 2.84. The van der Waals surface area contributed by atoms with Crippen molar-refractivity contribution in [2.24, 2.45) is 0 Å². The van der Waals surface area contributed by atoms with E-state index >= 15 is 0 Å². The first-order valence-corrected chi connectivity index (χ1v) is 4.27. The molecule has 1 aromatic heterocycles. The molecule has 0 aliphatic heterocycles. The van der Waals surface area contributed by atoms with Crippen LogP contribution < -0.4 is 0 Å². The van der Waals surface area contributed by atoms with Crippen LogP contribution in [-0.4, -0.2) is 0 Å². The molecular weight excluding hydrogens is 227 g/mol. The van der Waals surface area contributed by atoms with Crippen molar-refractivity contribution in [3.8, 4) is 0 Å². The predicted octanol–water partition coefficient (Wildman–Crippen LogP) is 3.85. The van der Waals surface area contributed by atoms with Crippen LogP contribution in [-0.2, 0) is 0 Å². The van der Waals surface area contributed by atoms with Crippen LogP contribution in [0.15, 0.2) is 33.4 Å². The first-order chi connectivity index (χ1) is 5.29. The van der Waals surface area contributed by atoms with Gasteiger partial charge in [0.1, 0.15) is 5.58 Å². The highest BCUT2D eigenvalue weighted by Gasteiger charge is 2.04. The normalized spacial score (nSPS) is 10.7. The topological polar surface area (TPSA) is 13.1 Å². The first-order valence-electron chi connectivity index (χ1n) is 3.10. The van der Waals surface area contributed by atoms with E-state index in [0.29, 0.717) is 5.02 Å². The van der Waals surface area contributed by atoms with Gasteiger partial charge in [-0.2, -0.15) is 0 Å². The van der Waals surface area contributed by atoms with Gasteiger partial charge in [0.25, 0.3) is 0 Å². The summed E-state index contributed by atoms with van der Waals surface area (Å²) in [6, 6.07) is 5.66. The molecule has 56 valence electrons. The summed E-state index contributed by atoms with van der Waals surface area (Å²) in [5.74, 6) is 0. The van der Waals surface area contributed by atoms with E-state index in [1.54, 1.807) is 6.26 Å². The smallest absolute Gasteiger partial charge is 0.149 e. The van der Waals surface area contributed by atoms with Crippen molar-refractivity contribution < 1.29 is 4.42 Å². The van der Waals surface area contributed by atoms with Crippen LogP contribution in [0.2, 0.25) is 5.02 Å². The number of furan rings is 1. The van der Waals surface area contributed by atoms with Crippen LogP contribution >= 0.6 is 27.5 Å². The maximum absolute atomic E-state index is 5.84. The number of hydrogen-bond acceptors (Lipinski definition) is 1. The van der Waals surface area contributed by atoms with Gasteiger partial charge in [-0.25, -0.2) is 0 Å². The quantitative estimate of drug-likeness (QED) is 0.671. The molecule has 2 rings (SSSR count). The summed E-state index contributed by atoms with van der Waals surface area (Å²) in [5, 5.41) is 1.73. The van der Waals surface area contributed by atoms with E-state index < -0.39 is 0 Å². The molecule has 0 fully saturated rings.